The zero-order valence-corrected chi connectivity index (χ0v) is 13.9. The minimum atomic E-state index is -3.54. The van der Waals surface area contributed by atoms with Crippen LogP contribution in [0, 0.1) is 0 Å². The predicted molar refractivity (Wildman–Crippen MR) is 88.3 cm³/mol. The average Bonchev–Trinajstić information content (AvgIpc) is 2.55. The summed E-state index contributed by atoms with van der Waals surface area (Å²) in [6, 6.07) is 12.8. The van der Waals surface area contributed by atoms with E-state index in [2.05, 4.69) is 5.32 Å². The minimum absolute atomic E-state index is 0.120. The van der Waals surface area contributed by atoms with Crippen LogP contribution < -0.4 is 10.1 Å². The summed E-state index contributed by atoms with van der Waals surface area (Å²) in [7, 11) is 0.917. The van der Waals surface area contributed by atoms with Gasteiger partial charge in [0, 0.05) is 25.3 Å². The molecule has 0 saturated heterocycles. The number of carbonyl (C=O) groups excluding carboxylic acids is 1. The summed E-state index contributed by atoms with van der Waals surface area (Å²) in [6.07, 6.45) is 0. The maximum atomic E-state index is 12.2. The van der Waals surface area contributed by atoms with Gasteiger partial charge >= 0.3 is 0 Å². The molecule has 122 valence electrons. The lowest BCUT2D eigenvalue weighted by atomic mass is 10.2. The minimum Gasteiger partial charge on any atom is -0.497 e. The quantitative estimate of drug-likeness (QED) is 0.909. The first kappa shape index (κ1) is 17.0. The maximum absolute atomic E-state index is 12.2. The van der Waals surface area contributed by atoms with Gasteiger partial charge in [-0.15, -0.1) is 0 Å². The molecule has 0 unspecified atom stereocenters. The Morgan fingerprint density at radius 3 is 2.30 bits per heavy atom. The molecule has 2 aromatic carbocycles. The summed E-state index contributed by atoms with van der Waals surface area (Å²) < 4.78 is 30.4. The van der Waals surface area contributed by atoms with Crippen molar-refractivity contribution in [3.05, 3.63) is 54.1 Å². The summed E-state index contributed by atoms with van der Waals surface area (Å²) >= 11 is 0. The summed E-state index contributed by atoms with van der Waals surface area (Å²) in [5.41, 5.74) is 0.861. The monoisotopic (exact) mass is 334 g/mol. The van der Waals surface area contributed by atoms with Crippen LogP contribution in [0.2, 0.25) is 0 Å². The number of carbonyl (C=O) groups is 1. The number of hydrogen-bond donors (Lipinski definition) is 1. The van der Waals surface area contributed by atoms with Crippen LogP contribution in [0.1, 0.15) is 10.4 Å². The van der Waals surface area contributed by atoms with E-state index >= 15 is 0 Å². The third-order valence-electron chi connectivity index (χ3n) is 3.22. The largest absolute Gasteiger partial charge is 0.497 e. The standard InChI is InChI=1S/C16H18N2O4S/c1-18(2)23(20,21)15-6-4-5-13(11-15)17-16(19)12-7-9-14(22-3)10-8-12/h4-11H,1-3H3,(H,17,19). The molecule has 0 aromatic heterocycles. The SMILES string of the molecule is COc1ccc(C(=O)Nc2cccc(S(=O)(=O)N(C)C)c2)cc1. The summed E-state index contributed by atoms with van der Waals surface area (Å²) in [5, 5.41) is 2.68. The van der Waals surface area contributed by atoms with Crippen molar-refractivity contribution in [2.75, 3.05) is 26.5 Å². The first-order valence-electron chi connectivity index (χ1n) is 6.82. The second-order valence-electron chi connectivity index (χ2n) is 5.00. The molecular weight excluding hydrogens is 316 g/mol. The Balaban J connectivity index is 2.21. The van der Waals surface area contributed by atoms with Crippen molar-refractivity contribution in [2.45, 2.75) is 4.90 Å². The molecular formula is C16H18N2O4S. The molecule has 0 aliphatic heterocycles. The zero-order chi connectivity index (χ0) is 17.0. The van der Waals surface area contributed by atoms with Crippen molar-refractivity contribution in [1.82, 2.24) is 4.31 Å². The van der Waals surface area contributed by atoms with Gasteiger partial charge in [-0.2, -0.15) is 0 Å². The van der Waals surface area contributed by atoms with E-state index < -0.39 is 10.0 Å². The number of nitrogens with one attached hydrogen (secondary N) is 1. The molecule has 1 N–H and O–H groups in total. The van der Waals surface area contributed by atoms with Crippen molar-refractivity contribution in [3.8, 4) is 5.75 Å². The number of benzene rings is 2. The van der Waals surface area contributed by atoms with Crippen molar-refractivity contribution in [3.63, 3.8) is 0 Å². The van der Waals surface area contributed by atoms with Crippen molar-refractivity contribution >= 4 is 21.6 Å². The second-order valence-corrected chi connectivity index (χ2v) is 7.15. The molecule has 2 aromatic rings. The smallest absolute Gasteiger partial charge is 0.255 e. The summed E-state index contributed by atoms with van der Waals surface area (Å²) in [4.78, 5) is 12.3. The molecule has 6 nitrogen and oxygen atoms in total. The van der Waals surface area contributed by atoms with Gasteiger partial charge in [0.2, 0.25) is 10.0 Å². The number of anilines is 1. The molecule has 0 saturated carbocycles. The van der Waals surface area contributed by atoms with Crippen LogP contribution in [0.15, 0.2) is 53.4 Å². The third kappa shape index (κ3) is 3.88. The normalized spacial score (nSPS) is 11.3. The number of amides is 1. The number of nitrogens with zero attached hydrogens (tertiary/aromatic N) is 1. The molecule has 7 heteroatoms. The fraction of sp³-hybridized carbons (Fsp3) is 0.188. The van der Waals surface area contributed by atoms with Crippen LogP contribution in [0.4, 0.5) is 5.69 Å². The fourth-order valence-corrected chi connectivity index (χ4v) is 2.84. The first-order valence-corrected chi connectivity index (χ1v) is 8.26. The predicted octanol–water partition coefficient (Wildman–Crippen LogP) is 2.20. The van der Waals surface area contributed by atoms with Crippen LogP contribution in [-0.4, -0.2) is 39.8 Å². The molecule has 0 bridgehead atoms. The van der Waals surface area contributed by atoms with E-state index in [4.69, 9.17) is 4.74 Å². The van der Waals surface area contributed by atoms with Gasteiger partial charge in [-0.05, 0) is 42.5 Å². The van der Waals surface area contributed by atoms with E-state index in [0.717, 1.165) is 4.31 Å². The highest BCUT2D eigenvalue weighted by atomic mass is 32.2. The Kier molecular flexibility index (Phi) is 5.02. The van der Waals surface area contributed by atoms with Crippen molar-refractivity contribution < 1.29 is 17.9 Å². The zero-order valence-electron chi connectivity index (χ0n) is 13.1. The third-order valence-corrected chi connectivity index (χ3v) is 5.03. The second kappa shape index (κ2) is 6.80. The van der Waals surface area contributed by atoms with E-state index in [1.807, 2.05) is 0 Å². The van der Waals surface area contributed by atoms with Gasteiger partial charge in [0.15, 0.2) is 0 Å². The van der Waals surface area contributed by atoms with Crippen molar-refractivity contribution in [1.29, 1.82) is 0 Å². The first-order chi connectivity index (χ1) is 10.8. The number of hydrogen-bond acceptors (Lipinski definition) is 4. The van der Waals surface area contributed by atoms with Crippen molar-refractivity contribution in [2.24, 2.45) is 0 Å². The van der Waals surface area contributed by atoms with Gasteiger partial charge in [0.25, 0.3) is 5.91 Å². The lowest BCUT2D eigenvalue weighted by Crippen LogP contribution is -2.22. The molecule has 0 aliphatic carbocycles. The molecule has 0 fully saturated rings. The molecule has 0 heterocycles. The molecule has 0 spiro atoms. The van der Waals surface area contributed by atoms with E-state index in [-0.39, 0.29) is 10.8 Å². The molecule has 2 rings (SSSR count). The van der Waals surface area contributed by atoms with Crippen LogP contribution in [-0.2, 0) is 10.0 Å². The molecule has 1 amide bonds. The van der Waals surface area contributed by atoms with Crippen LogP contribution in [0.5, 0.6) is 5.75 Å². The van der Waals surface area contributed by atoms with E-state index in [1.165, 1.54) is 26.2 Å². The maximum Gasteiger partial charge on any atom is 0.255 e. The summed E-state index contributed by atoms with van der Waals surface area (Å²) in [6.45, 7) is 0. The lowest BCUT2D eigenvalue weighted by molar-refractivity contribution is 0.102. The average molecular weight is 334 g/mol. The van der Waals surface area contributed by atoms with E-state index in [9.17, 15) is 13.2 Å². The molecule has 0 aliphatic rings. The molecule has 0 atom stereocenters. The Labute approximate surface area is 135 Å². The Morgan fingerprint density at radius 2 is 1.74 bits per heavy atom. The Morgan fingerprint density at radius 1 is 1.09 bits per heavy atom. The van der Waals surface area contributed by atoms with E-state index in [1.54, 1.807) is 43.5 Å². The molecule has 0 radical (unpaired) electrons. The summed E-state index contributed by atoms with van der Waals surface area (Å²) in [5.74, 6) is 0.327. The molecule has 23 heavy (non-hydrogen) atoms. The van der Waals surface area contributed by atoms with Gasteiger partial charge in [0.05, 0.1) is 12.0 Å². The fourth-order valence-electron chi connectivity index (χ4n) is 1.89. The van der Waals surface area contributed by atoms with Gasteiger partial charge < -0.3 is 10.1 Å². The van der Waals surface area contributed by atoms with Crippen LogP contribution in [0.3, 0.4) is 0 Å². The topological polar surface area (TPSA) is 75.7 Å². The van der Waals surface area contributed by atoms with Crippen LogP contribution >= 0.6 is 0 Å². The Bertz CT molecular complexity index is 799. The number of ether oxygens (including phenoxy) is 1. The highest BCUT2D eigenvalue weighted by Gasteiger charge is 2.17. The van der Waals surface area contributed by atoms with Gasteiger partial charge in [0.1, 0.15) is 5.75 Å². The van der Waals surface area contributed by atoms with Gasteiger partial charge in [-0.25, -0.2) is 12.7 Å². The van der Waals surface area contributed by atoms with Gasteiger partial charge in [-0.3, -0.25) is 4.79 Å². The van der Waals surface area contributed by atoms with Crippen LogP contribution in [0.25, 0.3) is 0 Å². The number of sulfonamides is 1. The Hall–Kier alpha value is -2.38. The highest BCUT2D eigenvalue weighted by Crippen LogP contribution is 2.19. The van der Waals surface area contributed by atoms with Gasteiger partial charge in [-0.1, -0.05) is 6.07 Å². The number of methoxy groups -OCH3 is 1. The highest BCUT2D eigenvalue weighted by molar-refractivity contribution is 7.89. The lowest BCUT2D eigenvalue weighted by Gasteiger charge is -2.12. The van der Waals surface area contributed by atoms with E-state index in [0.29, 0.717) is 17.0 Å². The number of rotatable bonds is 5.